The van der Waals surface area contributed by atoms with Crippen LogP contribution in [0.15, 0.2) is 187 Å². The number of nitrogens with two attached hydrogens (primary N) is 1. The molecule has 0 radical (unpaired) electrons. The molecule has 3 N–H and O–H groups in total. The van der Waals surface area contributed by atoms with Gasteiger partial charge in [-0.2, -0.15) is 0 Å². The molecule has 6 rings (SSSR count). The molecular weight excluding hydrogens is 947 g/mol. The maximum Gasteiger partial charge on any atom is 0.320 e. The third-order valence-electron chi connectivity index (χ3n) is 11.7. The standard InChI is InChI=1S/C31H39N2O3P.C26H29N2OP.BrH/c1-31(2,3)36-30(35)28(29(32)34)24-33(4)22-14-15-23-37(25-16-8-5-9-17-25,26-18-10-6-11-19-26)27-20-12-7-13-21-27;1-27-26(29)19-21-28-20-11-12-22-30(23-13-5-2-6-14-23,24-15-7-3-8-16-24)25-17-9-4-10-18-25;/h5-13,16-21,28H,14-15,22-24H2,1-4H3,(H-,32,34);2-10,13-18,21H,11-12,19-20,22H2,1H3;1H/p+2. The molecule has 0 aliphatic carbocycles. The highest BCUT2D eigenvalue weighted by Gasteiger charge is 2.45. The lowest BCUT2D eigenvalue weighted by atomic mass is 10.1. The summed E-state index contributed by atoms with van der Waals surface area (Å²) in [5, 5.41) is 11.0. The van der Waals surface area contributed by atoms with Crippen LogP contribution < -0.4 is 42.9 Å². The maximum atomic E-state index is 12.5. The Balaban J connectivity index is 0.000000298. The number of halogens is 1. The second kappa shape index (κ2) is 28.3. The molecule has 0 spiro atoms. The molecule has 68 heavy (non-hydrogen) atoms. The summed E-state index contributed by atoms with van der Waals surface area (Å²) >= 11 is 0. The summed E-state index contributed by atoms with van der Waals surface area (Å²) in [5.74, 6) is -2.19. The van der Waals surface area contributed by atoms with E-state index in [-0.39, 0.29) is 29.4 Å². The third kappa shape index (κ3) is 15.9. The number of amides is 2. The molecule has 2 amide bonds. The number of carbonyl (C=O) groups excluding carboxylic acids is 3. The summed E-state index contributed by atoms with van der Waals surface area (Å²) in [6.07, 6.45) is 8.26. The summed E-state index contributed by atoms with van der Waals surface area (Å²) in [4.78, 5) is 42.3. The van der Waals surface area contributed by atoms with Crippen LogP contribution in [-0.2, 0) is 19.1 Å². The van der Waals surface area contributed by atoms with Gasteiger partial charge in [0.2, 0.25) is 11.8 Å². The van der Waals surface area contributed by atoms with Gasteiger partial charge in [0, 0.05) is 26.4 Å². The van der Waals surface area contributed by atoms with Crippen molar-refractivity contribution in [2.75, 3.05) is 46.1 Å². The summed E-state index contributed by atoms with van der Waals surface area (Å²) in [7, 11) is -0.0338. The number of esters is 1. The number of aliphatic imine (C=N–C) groups is 1. The van der Waals surface area contributed by atoms with Gasteiger partial charge in [-0.15, -0.1) is 17.0 Å². The van der Waals surface area contributed by atoms with Gasteiger partial charge in [-0.25, -0.2) is 0 Å². The number of primary amides is 1. The lowest BCUT2D eigenvalue weighted by molar-refractivity contribution is -0.162. The zero-order valence-electron chi connectivity index (χ0n) is 40.5. The van der Waals surface area contributed by atoms with Gasteiger partial charge in [0.1, 0.15) is 57.9 Å². The number of rotatable bonds is 22. The molecule has 1 atom stereocenters. The van der Waals surface area contributed by atoms with Gasteiger partial charge >= 0.3 is 5.97 Å². The Morgan fingerprint density at radius 2 is 0.941 bits per heavy atom. The fraction of sp³-hybridized carbons (Fsp3) is 0.298. The van der Waals surface area contributed by atoms with Crippen LogP contribution >= 0.6 is 31.5 Å². The molecule has 6 aromatic rings. The Labute approximate surface area is 417 Å². The van der Waals surface area contributed by atoms with E-state index >= 15 is 0 Å². The zero-order chi connectivity index (χ0) is 48.0. The minimum atomic E-state index is -1.86. The van der Waals surface area contributed by atoms with Crippen LogP contribution in [0.3, 0.4) is 0 Å². The summed E-state index contributed by atoms with van der Waals surface area (Å²) in [5.41, 5.74) is 4.88. The largest absolute Gasteiger partial charge is 0.459 e. The van der Waals surface area contributed by atoms with E-state index in [1.165, 1.54) is 31.8 Å². The minimum absolute atomic E-state index is 0. The van der Waals surface area contributed by atoms with Crippen LogP contribution in [0.5, 0.6) is 0 Å². The van der Waals surface area contributed by atoms with Crippen molar-refractivity contribution in [3.8, 4) is 0 Å². The summed E-state index contributed by atoms with van der Waals surface area (Å²) in [6.45, 7) is 7.12. The Bertz CT molecular complexity index is 2210. The molecule has 6 aromatic carbocycles. The van der Waals surface area contributed by atoms with Crippen LogP contribution in [0.4, 0.5) is 0 Å². The topological polar surface area (TPSA) is 114 Å². The first-order valence-corrected chi connectivity index (χ1v) is 27.3. The lowest BCUT2D eigenvalue weighted by Crippen LogP contribution is -2.42. The van der Waals surface area contributed by atoms with E-state index in [0.29, 0.717) is 6.42 Å². The van der Waals surface area contributed by atoms with E-state index in [1.54, 1.807) is 34.0 Å². The zero-order valence-corrected chi connectivity index (χ0v) is 44.0. The smallest absolute Gasteiger partial charge is 0.320 e. The van der Waals surface area contributed by atoms with Gasteiger partial charge in [0.15, 0.2) is 0 Å². The van der Waals surface area contributed by atoms with Crippen LogP contribution in [-0.4, -0.2) is 80.6 Å². The van der Waals surface area contributed by atoms with Crippen molar-refractivity contribution in [3.05, 3.63) is 182 Å². The number of carbonyl (C=O) groups is 3. The first-order valence-electron chi connectivity index (χ1n) is 23.4. The second-order valence-electron chi connectivity index (χ2n) is 17.7. The Hall–Kier alpha value is -5.30. The number of unbranched alkanes of at least 4 members (excludes halogenated alkanes) is 2. The van der Waals surface area contributed by atoms with Crippen molar-refractivity contribution in [1.82, 2.24) is 10.2 Å². The average Bonchev–Trinajstić information content (AvgIpc) is 3.35. The molecule has 0 aromatic heterocycles. The van der Waals surface area contributed by atoms with Crippen molar-refractivity contribution >= 4 is 87.3 Å². The van der Waals surface area contributed by atoms with Crippen LogP contribution in [0.2, 0.25) is 0 Å². The van der Waals surface area contributed by atoms with Gasteiger partial charge in [0.05, 0.1) is 18.7 Å². The molecule has 0 fully saturated rings. The van der Waals surface area contributed by atoms with Gasteiger partial charge in [-0.1, -0.05) is 109 Å². The van der Waals surface area contributed by atoms with E-state index in [9.17, 15) is 14.4 Å². The average molecular weight is 1020 g/mol. The maximum absolute atomic E-state index is 12.5. The monoisotopic (exact) mass is 1020 g/mol. The van der Waals surface area contributed by atoms with Crippen LogP contribution in [0.1, 0.15) is 52.9 Å². The Morgan fingerprint density at radius 1 is 0.603 bits per heavy atom. The number of ether oxygens (including phenoxy) is 1. The molecule has 11 heteroatoms. The summed E-state index contributed by atoms with van der Waals surface area (Å²) < 4.78 is 5.42. The lowest BCUT2D eigenvalue weighted by Gasteiger charge is -2.28. The molecule has 0 heterocycles. The Morgan fingerprint density at radius 3 is 1.25 bits per heavy atom. The molecule has 358 valence electrons. The van der Waals surface area contributed by atoms with Crippen molar-refractivity contribution in [2.45, 2.75) is 58.5 Å². The highest BCUT2D eigenvalue weighted by Crippen LogP contribution is 2.57. The van der Waals surface area contributed by atoms with Gasteiger partial charge < -0.3 is 20.7 Å². The second-order valence-corrected chi connectivity index (χ2v) is 24.9. The van der Waals surface area contributed by atoms with Crippen molar-refractivity contribution in [3.63, 3.8) is 0 Å². The van der Waals surface area contributed by atoms with Gasteiger partial charge in [-0.3, -0.25) is 19.4 Å². The molecular formula is C57H71BrN4O4P2+2. The highest BCUT2D eigenvalue weighted by molar-refractivity contribution is 8.93. The number of benzene rings is 6. The molecule has 0 bridgehead atoms. The molecule has 8 nitrogen and oxygen atoms in total. The predicted molar refractivity (Wildman–Crippen MR) is 297 cm³/mol. The SMILES string of the molecule is Br.CN(CCCC[P+](c1ccccc1)(c1ccccc1)c1ccccc1)CC(C(N)=O)C(=O)OC(C)(C)C.CNC(=O)CC=NCCCC[P+](c1ccccc1)(c1ccccc1)c1ccccc1. The first-order chi connectivity index (χ1) is 32.4. The van der Waals surface area contributed by atoms with E-state index < -0.39 is 37.9 Å². The Kier molecular flexibility index (Phi) is 23.0. The van der Waals surface area contributed by atoms with E-state index in [4.69, 9.17) is 10.5 Å². The van der Waals surface area contributed by atoms with Gasteiger partial charge in [0.25, 0.3) is 0 Å². The molecule has 0 saturated carbocycles. The predicted octanol–water partition coefficient (Wildman–Crippen LogP) is 8.68. The fourth-order valence-electron chi connectivity index (χ4n) is 8.44. The van der Waals surface area contributed by atoms with Crippen LogP contribution in [0.25, 0.3) is 0 Å². The molecule has 1 unspecified atom stereocenters. The number of nitrogens with zero attached hydrogens (tertiary/aromatic N) is 2. The van der Waals surface area contributed by atoms with E-state index in [0.717, 1.165) is 51.1 Å². The first kappa shape index (κ1) is 55.3. The number of nitrogens with one attached hydrogen (secondary N) is 1. The minimum Gasteiger partial charge on any atom is -0.459 e. The van der Waals surface area contributed by atoms with Crippen molar-refractivity contribution < 1.29 is 19.1 Å². The number of hydrogen-bond donors (Lipinski definition) is 2. The quantitative estimate of drug-likeness (QED) is 0.0233. The molecule has 0 aliphatic heterocycles. The van der Waals surface area contributed by atoms with Crippen molar-refractivity contribution in [1.29, 1.82) is 0 Å². The number of hydrogen-bond acceptors (Lipinski definition) is 6. The van der Waals surface area contributed by atoms with Crippen LogP contribution in [0, 0.1) is 5.92 Å². The highest BCUT2D eigenvalue weighted by atomic mass is 79.9. The molecule has 0 saturated heterocycles. The van der Waals surface area contributed by atoms with Gasteiger partial charge in [-0.05, 0) is 133 Å². The fourth-order valence-corrected chi connectivity index (χ4v) is 17.3. The third-order valence-corrected chi connectivity index (χ3v) is 20.8. The van der Waals surface area contributed by atoms with E-state index in [2.05, 4.69) is 192 Å². The molecule has 0 aliphatic rings. The van der Waals surface area contributed by atoms with Crippen molar-refractivity contribution in [2.24, 2.45) is 16.6 Å². The van der Waals surface area contributed by atoms with E-state index in [1.807, 2.05) is 11.9 Å². The normalized spacial score (nSPS) is 12.0. The summed E-state index contributed by atoms with van der Waals surface area (Å²) in [6, 6.07) is 65.5.